The molecule has 0 aliphatic rings. The van der Waals surface area contributed by atoms with Gasteiger partial charge in [0, 0.05) is 16.4 Å². The summed E-state index contributed by atoms with van der Waals surface area (Å²) < 4.78 is 27.4. The summed E-state index contributed by atoms with van der Waals surface area (Å²) in [5.41, 5.74) is 1.77. The van der Waals surface area contributed by atoms with E-state index in [0.717, 1.165) is 11.1 Å². The Labute approximate surface area is 138 Å². The van der Waals surface area contributed by atoms with Crippen molar-refractivity contribution in [3.8, 4) is 0 Å². The van der Waals surface area contributed by atoms with Gasteiger partial charge in [-0.15, -0.1) is 0 Å². The zero-order chi connectivity index (χ0) is 15.5. The van der Waals surface area contributed by atoms with Gasteiger partial charge in [0.2, 0.25) is 10.0 Å². The van der Waals surface area contributed by atoms with Crippen LogP contribution < -0.4 is 4.72 Å². The number of benzene rings is 2. The number of hydrogen-bond acceptors (Lipinski definition) is 2. The van der Waals surface area contributed by atoms with Crippen molar-refractivity contribution in [1.29, 1.82) is 0 Å². The van der Waals surface area contributed by atoms with Crippen molar-refractivity contribution in [3.63, 3.8) is 0 Å². The molecule has 3 nitrogen and oxygen atoms in total. The molecule has 0 bridgehead atoms. The van der Waals surface area contributed by atoms with Crippen LogP contribution in [0.1, 0.15) is 24.1 Å². The second-order valence-corrected chi connectivity index (χ2v) is 7.32. The topological polar surface area (TPSA) is 46.2 Å². The summed E-state index contributed by atoms with van der Waals surface area (Å²) in [6.45, 7) is 1.77. The molecule has 0 amide bonds. The third-order valence-corrected chi connectivity index (χ3v) is 5.64. The van der Waals surface area contributed by atoms with Crippen LogP contribution in [-0.4, -0.2) is 8.42 Å². The number of rotatable bonds is 5. The minimum atomic E-state index is -3.57. The molecule has 0 aliphatic carbocycles. The quantitative estimate of drug-likeness (QED) is 0.777. The largest absolute Gasteiger partial charge is 0.241 e. The number of alkyl halides is 1. The molecule has 0 aliphatic heterocycles. The highest BCUT2D eigenvalue weighted by Crippen LogP contribution is 2.24. The van der Waals surface area contributed by atoms with E-state index >= 15 is 0 Å². The van der Waals surface area contributed by atoms with E-state index in [4.69, 9.17) is 11.6 Å². The molecule has 0 aromatic heterocycles. The third kappa shape index (κ3) is 4.07. The maximum atomic E-state index is 12.4. The lowest BCUT2D eigenvalue weighted by Crippen LogP contribution is -2.27. The second-order valence-electron chi connectivity index (χ2n) is 4.64. The highest BCUT2D eigenvalue weighted by Gasteiger charge is 2.19. The van der Waals surface area contributed by atoms with Gasteiger partial charge in [-0.25, -0.2) is 13.1 Å². The summed E-state index contributed by atoms with van der Waals surface area (Å²) in [5, 5.41) is 1.24. The van der Waals surface area contributed by atoms with Gasteiger partial charge in [0.1, 0.15) is 0 Å². The molecule has 2 aromatic rings. The smallest absolute Gasteiger partial charge is 0.207 e. The maximum absolute atomic E-state index is 12.4. The fourth-order valence-electron chi connectivity index (χ4n) is 1.95. The first-order valence-corrected chi connectivity index (χ1v) is 9.34. The molecule has 0 fully saturated rings. The normalized spacial score (nSPS) is 13.1. The highest BCUT2D eigenvalue weighted by molar-refractivity contribution is 9.08. The number of hydrogen-bond donors (Lipinski definition) is 1. The van der Waals surface area contributed by atoms with Crippen LogP contribution in [0.2, 0.25) is 5.02 Å². The molecule has 0 saturated carbocycles. The molecule has 112 valence electrons. The molecule has 21 heavy (non-hydrogen) atoms. The van der Waals surface area contributed by atoms with E-state index in [2.05, 4.69) is 20.7 Å². The Balaban J connectivity index is 2.22. The predicted octanol–water partition coefficient (Wildman–Crippen LogP) is 4.27. The molecule has 0 spiro atoms. The maximum Gasteiger partial charge on any atom is 0.241 e. The number of sulfonamides is 1. The van der Waals surface area contributed by atoms with Gasteiger partial charge >= 0.3 is 0 Å². The monoisotopic (exact) mass is 387 g/mol. The van der Waals surface area contributed by atoms with E-state index in [1.54, 1.807) is 37.3 Å². The van der Waals surface area contributed by atoms with Crippen LogP contribution >= 0.6 is 27.5 Å². The molecular formula is C15H15BrClNO2S. The van der Waals surface area contributed by atoms with Gasteiger partial charge in [0.25, 0.3) is 0 Å². The van der Waals surface area contributed by atoms with Crippen LogP contribution in [0.5, 0.6) is 0 Å². The van der Waals surface area contributed by atoms with E-state index in [-0.39, 0.29) is 4.90 Å². The highest BCUT2D eigenvalue weighted by atomic mass is 79.9. The van der Waals surface area contributed by atoms with Gasteiger partial charge in [0.05, 0.1) is 4.90 Å². The Morgan fingerprint density at radius 3 is 2.33 bits per heavy atom. The Hall–Kier alpha value is -0.880. The van der Waals surface area contributed by atoms with Crippen molar-refractivity contribution < 1.29 is 8.42 Å². The molecule has 0 heterocycles. The molecule has 1 N–H and O–H groups in total. The van der Waals surface area contributed by atoms with Gasteiger partial charge in [-0.1, -0.05) is 57.9 Å². The molecule has 1 atom stereocenters. The summed E-state index contributed by atoms with van der Waals surface area (Å²) in [4.78, 5) is 0.242. The lowest BCUT2D eigenvalue weighted by atomic mass is 10.1. The van der Waals surface area contributed by atoms with Crippen LogP contribution in [0.15, 0.2) is 53.4 Å². The van der Waals surface area contributed by atoms with Crippen molar-refractivity contribution in [2.24, 2.45) is 0 Å². The van der Waals surface area contributed by atoms with Gasteiger partial charge in [-0.2, -0.15) is 0 Å². The Bertz CT molecular complexity index is 717. The minimum absolute atomic E-state index is 0.242. The second kappa shape index (κ2) is 6.92. The summed E-state index contributed by atoms with van der Waals surface area (Å²) in [6.07, 6.45) is 0. The molecule has 0 radical (unpaired) electrons. The summed E-state index contributed by atoms with van der Waals surface area (Å²) in [5.74, 6) is 0. The minimum Gasteiger partial charge on any atom is -0.207 e. The van der Waals surface area contributed by atoms with Crippen LogP contribution in [0.25, 0.3) is 0 Å². The Kier molecular flexibility index (Phi) is 5.43. The molecule has 2 rings (SSSR count). The standard InChI is InChI=1S/C15H15BrClNO2S/c1-11(14-4-2-3-5-15(14)17)18-21(19,20)13-8-6-12(10-16)7-9-13/h2-9,11,18H,10H2,1H3/t11-/m1/s1. The average molecular weight is 389 g/mol. The van der Waals surface area contributed by atoms with Crippen molar-refractivity contribution in [2.45, 2.75) is 23.2 Å². The van der Waals surface area contributed by atoms with Gasteiger partial charge < -0.3 is 0 Å². The molecular weight excluding hydrogens is 374 g/mol. The summed E-state index contributed by atoms with van der Waals surface area (Å²) in [6, 6.07) is 13.5. The van der Waals surface area contributed by atoms with Crippen molar-refractivity contribution in [3.05, 3.63) is 64.7 Å². The number of halogens is 2. The molecule has 2 aromatic carbocycles. The first-order valence-electron chi connectivity index (χ1n) is 6.35. The van der Waals surface area contributed by atoms with E-state index in [1.807, 2.05) is 18.2 Å². The third-order valence-electron chi connectivity index (χ3n) is 3.09. The van der Waals surface area contributed by atoms with E-state index in [0.29, 0.717) is 10.4 Å². The first kappa shape index (κ1) is 16.5. The van der Waals surface area contributed by atoms with Crippen LogP contribution in [0.3, 0.4) is 0 Å². The van der Waals surface area contributed by atoms with Gasteiger partial charge in [-0.3, -0.25) is 0 Å². The number of nitrogens with one attached hydrogen (secondary N) is 1. The molecule has 6 heteroatoms. The van der Waals surface area contributed by atoms with Crippen molar-refractivity contribution >= 4 is 37.6 Å². The summed E-state index contributed by atoms with van der Waals surface area (Å²) >= 11 is 9.43. The lowest BCUT2D eigenvalue weighted by Gasteiger charge is -2.16. The van der Waals surface area contributed by atoms with E-state index in [9.17, 15) is 8.42 Å². The zero-order valence-electron chi connectivity index (χ0n) is 11.4. The van der Waals surface area contributed by atoms with Crippen LogP contribution in [0.4, 0.5) is 0 Å². The van der Waals surface area contributed by atoms with Crippen LogP contribution in [0, 0.1) is 0 Å². The molecule has 0 unspecified atom stereocenters. The van der Waals surface area contributed by atoms with Gasteiger partial charge in [0.15, 0.2) is 0 Å². The summed E-state index contributed by atoms with van der Waals surface area (Å²) in [7, 11) is -3.57. The predicted molar refractivity (Wildman–Crippen MR) is 89.3 cm³/mol. The fraction of sp³-hybridized carbons (Fsp3) is 0.200. The average Bonchev–Trinajstić information content (AvgIpc) is 2.47. The molecule has 0 saturated heterocycles. The zero-order valence-corrected chi connectivity index (χ0v) is 14.5. The Morgan fingerprint density at radius 1 is 1.14 bits per heavy atom. The van der Waals surface area contributed by atoms with Crippen molar-refractivity contribution in [2.75, 3.05) is 0 Å². The van der Waals surface area contributed by atoms with E-state index < -0.39 is 16.1 Å². The fourth-order valence-corrected chi connectivity index (χ4v) is 3.84. The van der Waals surface area contributed by atoms with Gasteiger partial charge in [-0.05, 0) is 36.2 Å². The lowest BCUT2D eigenvalue weighted by molar-refractivity contribution is 0.567. The SMILES string of the molecule is C[C@@H](NS(=O)(=O)c1ccc(CBr)cc1)c1ccccc1Cl. The Morgan fingerprint density at radius 2 is 1.76 bits per heavy atom. The van der Waals surface area contributed by atoms with Crippen LogP contribution in [-0.2, 0) is 15.4 Å². The van der Waals surface area contributed by atoms with Crippen molar-refractivity contribution in [1.82, 2.24) is 4.72 Å². The van der Waals surface area contributed by atoms with E-state index in [1.165, 1.54) is 0 Å². The first-order chi connectivity index (χ1) is 9.94.